The van der Waals surface area contributed by atoms with Crippen LogP contribution in [0.15, 0.2) is 66.7 Å². The first-order chi connectivity index (χ1) is 14.9. The van der Waals surface area contributed by atoms with Crippen molar-refractivity contribution in [3.05, 3.63) is 63.0 Å². The number of hydrogen-bond donors (Lipinski definition) is 2. The van der Waals surface area contributed by atoms with Crippen LogP contribution < -0.4 is 10.6 Å². The van der Waals surface area contributed by atoms with E-state index in [1.54, 1.807) is 24.3 Å². The van der Waals surface area contributed by atoms with Gasteiger partial charge in [0.05, 0.1) is 11.5 Å². The third-order valence-electron chi connectivity index (χ3n) is 3.67. The highest BCUT2D eigenvalue weighted by Gasteiger charge is 2.17. The van der Waals surface area contributed by atoms with Crippen molar-refractivity contribution in [1.82, 2.24) is 4.37 Å². The summed E-state index contributed by atoms with van der Waals surface area (Å²) in [4.78, 5) is 24.4. The highest BCUT2D eigenvalue weighted by molar-refractivity contribution is 9.10. The topological polar surface area (TPSA) is 94.9 Å². The fourth-order valence-corrected chi connectivity index (χ4v) is 5.50. The monoisotopic (exact) mass is 596 g/mol. The average molecular weight is 598 g/mol. The van der Waals surface area contributed by atoms with Crippen molar-refractivity contribution in [1.29, 1.82) is 5.26 Å². The minimum Gasteiger partial charge on any atom is -0.325 e. The van der Waals surface area contributed by atoms with Gasteiger partial charge in [0.1, 0.15) is 20.9 Å². The molecule has 11 heteroatoms. The fraction of sp³-hybridized carbons (Fsp3) is 0.100. The predicted molar refractivity (Wildman–Crippen MR) is 134 cm³/mol. The molecule has 1 aromatic heterocycles. The van der Waals surface area contributed by atoms with Crippen molar-refractivity contribution in [2.75, 3.05) is 22.1 Å². The molecule has 0 unspecified atom stereocenters. The molecule has 0 bridgehead atoms. The van der Waals surface area contributed by atoms with E-state index in [-0.39, 0.29) is 23.3 Å². The summed E-state index contributed by atoms with van der Waals surface area (Å²) in [6.07, 6.45) is 0. The van der Waals surface area contributed by atoms with Gasteiger partial charge in [-0.25, -0.2) is 0 Å². The molecule has 2 aromatic carbocycles. The number of carbonyl (C=O) groups excluding carboxylic acids is 2. The number of nitriles is 1. The molecule has 31 heavy (non-hydrogen) atoms. The summed E-state index contributed by atoms with van der Waals surface area (Å²) < 4.78 is 6.80. The standard InChI is InChI=1S/C20H14Br2N4O2S3/c21-12-1-5-14(6-2-12)24-17(27)10-29-19-16(9-23)20(31-26-19)30-11-18(28)25-15-7-3-13(22)4-8-15/h1-8H,10-11H2,(H,24,27)(H,25,28). The van der Waals surface area contributed by atoms with Gasteiger partial charge in [0.25, 0.3) is 0 Å². The third-order valence-corrected chi connectivity index (χ3v) is 7.91. The number of thioether (sulfide) groups is 2. The van der Waals surface area contributed by atoms with E-state index in [9.17, 15) is 14.9 Å². The number of aromatic nitrogens is 1. The van der Waals surface area contributed by atoms with Gasteiger partial charge in [-0.3, -0.25) is 9.59 Å². The first-order valence-electron chi connectivity index (χ1n) is 8.71. The number of hydrogen-bond acceptors (Lipinski definition) is 7. The normalized spacial score (nSPS) is 10.4. The molecule has 0 radical (unpaired) electrons. The van der Waals surface area contributed by atoms with Gasteiger partial charge in [-0.05, 0) is 60.1 Å². The van der Waals surface area contributed by atoms with Gasteiger partial charge in [0.15, 0.2) is 0 Å². The van der Waals surface area contributed by atoms with E-state index in [4.69, 9.17) is 0 Å². The van der Waals surface area contributed by atoms with Crippen LogP contribution in [0.4, 0.5) is 11.4 Å². The van der Waals surface area contributed by atoms with E-state index < -0.39 is 0 Å². The number of nitrogens with one attached hydrogen (secondary N) is 2. The Balaban J connectivity index is 1.52. The van der Waals surface area contributed by atoms with Crippen LogP contribution in [0.3, 0.4) is 0 Å². The van der Waals surface area contributed by atoms with Crippen molar-refractivity contribution < 1.29 is 9.59 Å². The molecule has 0 aliphatic rings. The summed E-state index contributed by atoms with van der Waals surface area (Å²) in [5.41, 5.74) is 1.79. The van der Waals surface area contributed by atoms with Gasteiger partial charge in [-0.1, -0.05) is 43.6 Å². The maximum Gasteiger partial charge on any atom is 0.234 e. The van der Waals surface area contributed by atoms with Crippen molar-refractivity contribution >= 4 is 90.1 Å². The fourth-order valence-electron chi connectivity index (χ4n) is 2.28. The first kappa shape index (κ1) is 23.8. The van der Waals surface area contributed by atoms with Crippen molar-refractivity contribution in [3.8, 4) is 6.07 Å². The summed E-state index contributed by atoms with van der Waals surface area (Å²) in [5.74, 6) is -0.0796. The predicted octanol–water partition coefficient (Wildman–Crippen LogP) is 6.00. The molecule has 1 heterocycles. The van der Waals surface area contributed by atoms with Gasteiger partial charge >= 0.3 is 0 Å². The second kappa shape index (κ2) is 11.7. The zero-order valence-electron chi connectivity index (χ0n) is 15.7. The Bertz CT molecular complexity index is 1030. The molecule has 158 valence electrons. The number of halogens is 2. The largest absolute Gasteiger partial charge is 0.325 e. The maximum atomic E-state index is 12.2. The van der Waals surface area contributed by atoms with Crippen LogP contribution in [-0.2, 0) is 9.59 Å². The van der Waals surface area contributed by atoms with E-state index in [1.165, 1.54) is 23.5 Å². The van der Waals surface area contributed by atoms with Crippen LogP contribution in [0, 0.1) is 11.3 Å². The molecule has 3 rings (SSSR count). The second-order valence-electron chi connectivity index (χ2n) is 5.95. The van der Waals surface area contributed by atoms with E-state index in [0.717, 1.165) is 20.5 Å². The van der Waals surface area contributed by atoms with Crippen molar-refractivity contribution in [2.24, 2.45) is 0 Å². The Morgan fingerprint density at radius 3 is 1.87 bits per heavy atom. The molecule has 3 aromatic rings. The average Bonchev–Trinajstić information content (AvgIpc) is 3.16. The Kier molecular flexibility index (Phi) is 8.98. The smallest absolute Gasteiger partial charge is 0.234 e. The van der Waals surface area contributed by atoms with Crippen LogP contribution in [0.5, 0.6) is 0 Å². The highest BCUT2D eigenvalue weighted by Crippen LogP contribution is 2.34. The van der Waals surface area contributed by atoms with E-state index in [2.05, 4.69) is 52.9 Å². The van der Waals surface area contributed by atoms with Gasteiger partial charge in [-0.15, -0.1) is 11.8 Å². The lowest BCUT2D eigenvalue weighted by Gasteiger charge is -2.05. The van der Waals surface area contributed by atoms with Gasteiger partial charge < -0.3 is 10.6 Å². The lowest BCUT2D eigenvalue weighted by Crippen LogP contribution is -2.14. The van der Waals surface area contributed by atoms with Gasteiger partial charge in [0, 0.05) is 20.3 Å². The first-order valence-corrected chi connectivity index (χ1v) is 13.0. The molecule has 0 aliphatic heterocycles. The quantitative estimate of drug-likeness (QED) is 0.309. The molecule has 0 saturated carbocycles. The molecular formula is C20H14Br2N4O2S3. The maximum absolute atomic E-state index is 12.2. The summed E-state index contributed by atoms with van der Waals surface area (Å²) in [6.45, 7) is 0. The molecule has 0 spiro atoms. The Labute approximate surface area is 208 Å². The molecule has 2 N–H and O–H groups in total. The Morgan fingerprint density at radius 2 is 1.39 bits per heavy atom. The summed E-state index contributed by atoms with van der Waals surface area (Å²) in [6, 6.07) is 16.7. The third kappa shape index (κ3) is 7.36. The molecule has 2 amide bonds. The molecule has 0 atom stereocenters. The minimum atomic E-state index is -0.188. The second-order valence-corrected chi connectivity index (χ2v) is 10.8. The van der Waals surface area contributed by atoms with Crippen LogP contribution in [-0.4, -0.2) is 27.7 Å². The number of nitrogens with zero attached hydrogens (tertiary/aromatic N) is 2. The molecule has 6 nitrogen and oxygen atoms in total. The minimum absolute atomic E-state index is 0.128. The SMILES string of the molecule is N#Cc1c(SCC(=O)Nc2ccc(Br)cc2)nsc1SCC(=O)Nc1ccc(Br)cc1. The van der Waals surface area contributed by atoms with Crippen molar-refractivity contribution in [2.45, 2.75) is 9.24 Å². The lowest BCUT2D eigenvalue weighted by molar-refractivity contribution is -0.114. The summed E-state index contributed by atoms with van der Waals surface area (Å²) in [5, 5.41) is 15.6. The molecule has 0 fully saturated rings. The van der Waals surface area contributed by atoms with Crippen molar-refractivity contribution in [3.63, 3.8) is 0 Å². The number of amides is 2. The highest BCUT2D eigenvalue weighted by atomic mass is 79.9. The molecule has 0 aliphatic carbocycles. The van der Waals surface area contributed by atoms with Crippen LogP contribution in [0.25, 0.3) is 0 Å². The van der Waals surface area contributed by atoms with Crippen LogP contribution in [0.1, 0.15) is 5.56 Å². The number of benzene rings is 2. The summed E-state index contributed by atoms with van der Waals surface area (Å²) >= 11 is 10.3. The number of anilines is 2. The van der Waals surface area contributed by atoms with Gasteiger partial charge in [-0.2, -0.15) is 9.64 Å². The number of carbonyl (C=O) groups is 2. The lowest BCUT2D eigenvalue weighted by atomic mass is 10.3. The van der Waals surface area contributed by atoms with E-state index in [1.807, 2.05) is 24.3 Å². The Morgan fingerprint density at radius 1 is 0.903 bits per heavy atom. The molecular weight excluding hydrogens is 584 g/mol. The van der Waals surface area contributed by atoms with E-state index >= 15 is 0 Å². The zero-order chi connectivity index (χ0) is 22.2. The van der Waals surface area contributed by atoms with Crippen LogP contribution in [0.2, 0.25) is 0 Å². The number of rotatable bonds is 8. The zero-order valence-corrected chi connectivity index (χ0v) is 21.3. The molecule has 0 saturated heterocycles. The summed E-state index contributed by atoms with van der Waals surface area (Å²) in [7, 11) is 0. The van der Waals surface area contributed by atoms with E-state index in [0.29, 0.717) is 26.2 Å². The van der Waals surface area contributed by atoms with Crippen LogP contribution >= 0.6 is 66.9 Å². The Hall–Kier alpha value is -1.84. The van der Waals surface area contributed by atoms with Gasteiger partial charge in [0.2, 0.25) is 11.8 Å².